The zero-order chi connectivity index (χ0) is 34.8. The molecule has 9 nitrogen and oxygen atoms in total. The standard InChI is InChI=1S/C37H45ClFN3O6S/c1-4-36(46-3)22-42(23-36)37(41-16-8-9-17-41,48-26-14-12-24(13-15-26)35(45)47-5-2)33(43)19-25-18-29(38)31(20-30(25)39)40-34(44)28-21-49-32-11-7-6-10-27(28)32/h6-7,10-11,18,20-21,24,26H,4-5,8-9,12-17,19,22-23H2,1-3H3,(H,40,44)/t24-,26-,37?. The second kappa shape index (κ2) is 15.1. The number of likely N-dealkylation sites (tertiary alicyclic amines) is 2. The van der Waals surface area contributed by atoms with Crippen LogP contribution in [0.25, 0.3) is 10.1 Å². The van der Waals surface area contributed by atoms with Gasteiger partial charge in [0, 0.05) is 55.2 Å². The fourth-order valence-electron chi connectivity index (χ4n) is 7.51. The smallest absolute Gasteiger partial charge is 0.308 e. The minimum Gasteiger partial charge on any atom is -0.466 e. The lowest BCUT2D eigenvalue weighted by molar-refractivity contribution is -0.300. The molecule has 6 rings (SSSR count). The molecule has 12 heteroatoms. The van der Waals surface area contributed by atoms with Gasteiger partial charge in [-0.1, -0.05) is 36.7 Å². The van der Waals surface area contributed by atoms with E-state index in [0.717, 1.165) is 29.3 Å². The number of hydrogen-bond acceptors (Lipinski definition) is 9. The number of nitrogens with zero attached hydrogens (tertiary/aromatic N) is 2. The highest BCUT2D eigenvalue weighted by molar-refractivity contribution is 7.17. The van der Waals surface area contributed by atoms with Crippen LogP contribution in [-0.4, -0.2) is 84.9 Å². The summed E-state index contributed by atoms with van der Waals surface area (Å²) in [7, 11) is 1.69. The summed E-state index contributed by atoms with van der Waals surface area (Å²) in [5, 5.41) is 5.47. The summed E-state index contributed by atoms with van der Waals surface area (Å²) in [4.78, 5) is 44.6. The first-order valence-corrected chi connectivity index (χ1v) is 18.6. The first-order chi connectivity index (χ1) is 23.6. The average molecular weight is 714 g/mol. The number of methoxy groups -OCH3 is 1. The highest BCUT2D eigenvalue weighted by Gasteiger charge is 2.59. The Morgan fingerprint density at radius 2 is 1.78 bits per heavy atom. The van der Waals surface area contributed by atoms with Crippen molar-refractivity contribution in [3.63, 3.8) is 0 Å². The number of esters is 1. The van der Waals surface area contributed by atoms with Crippen molar-refractivity contribution < 1.29 is 33.0 Å². The van der Waals surface area contributed by atoms with Gasteiger partial charge in [0.1, 0.15) is 5.82 Å². The van der Waals surface area contributed by atoms with Crippen LogP contribution >= 0.6 is 22.9 Å². The van der Waals surface area contributed by atoms with Crippen LogP contribution in [-0.2, 0) is 30.2 Å². The molecule has 3 heterocycles. The summed E-state index contributed by atoms with van der Waals surface area (Å²) < 4.78 is 35.0. The Bertz CT molecular complexity index is 1680. The van der Waals surface area contributed by atoms with Gasteiger partial charge in [-0.15, -0.1) is 11.3 Å². The van der Waals surface area contributed by atoms with Crippen molar-refractivity contribution in [3.05, 3.63) is 63.7 Å². The molecule has 3 aromatic rings. The topological polar surface area (TPSA) is 97.4 Å². The van der Waals surface area contributed by atoms with Crippen LogP contribution in [0.4, 0.5) is 10.1 Å². The summed E-state index contributed by atoms with van der Waals surface area (Å²) >= 11 is 8.10. The van der Waals surface area contributed by atoms with Crippen LogP contribution in [0.5, 0.6) is 0 Å². The maximum Gasteiger partial charge on any atom is 0.308 e. The average Bonchev–Trinajstić information content (AvgIpc) is 3.78. The number of fused-ring (bicyclic) bond motifs is 1. The Hall–Kier alpha value is -2.93. The number of rotatable bonds is 13. The van der Waals surface area contributed by atoms with Gasteiger partial charge in [0.2, 0.25) is 5.85 Å². The number of nitrogens with one attached hydrogen (secondary N) is 1. The van der Waals surface area contributed by atoms with Crippen LogP contribution in [0, 0.1) is 11.7 Å². The van der Waals surface area contributed by atoms with E-state index in [2.05, 4.69) is 17.1 Å². The number of anilines is 1. The molecule has 1 amide bonds. The summed E-state index contributed by atoms with van der Waals surface area (Å²) in [6.07, 6.45) is 4.52. The number of ether oxygens (including phenoxy) is 3. The van der Waals surface area contributed by atoms with Crippen molar-refractivity contribution in [3.8, 4) is 0 Å². The van der Waals surface area contributed by atoms with E-state index in [1.54, 1.807) is 19.4 Å². The largest absolute Gasteiger partial charge is 0.466 e. The molecule has 0 radical (unpaired) electrons. The molecule has 2 aliphatic heterocycles. The second-order valence-electron chi connectivity index (χ2n) is 13.4. The molecule has 1 aliphatic carbocycles. The highest BCUT2D eigenvalue weighted by Crippen LogP contribution is 2.42. The molecule has 3 aliphatic rings. The lowest BCUT2D eigenvalue weighted by atomic mass is 9.86. The number of Topliss-reactive ketones (excluding diaryl/α,β-unsaturated/α-hetero) is 1. The molecular formula is C37H45ClFN3O6S. The van der Waals surface area contributed by atoms with E-state index >= 15 is 4.39 Å². The van der Waals surface area contributed by atoms with Gasteiger partial charge in [-0.05, 0) is 75.6 Å². The van der Waals surface area contributed by atoms with Crippen molar-refractivity contribution in [1.29, 1.82) is 0 Å². The van der Waals surface area contributed by atoms with E-state index in [-0.39, 0.29) is 46.5 Å². The van der Waals surface area contributed by atoms with E-state index in [4.69, 9.17) is 25.8 Å². The lowest BCUT2D eigenvalue weighted by Crippen LogP contribution is -2.77. The van der Waals surface area contributed by atoms with Crippen LogP contribution in [0.15, 0.2) is 41.8 Å². The molecule has 1 N–H and O–H groups in total. The number of hydrogen-bond donors (Lipinski definition) is 1. The Kier molecular flexibility index (Phi) is 11.1. The number of carbonyl (C=O) groups is 3. The number of benzene rings is 2. The summed E-state index contributed by atoms with van der Waals surface area (Å²) in [5.41, 5.74) is 0.333. The predicted octanol–water partition coefficient (Wildman–Crippen LogP) is 7.06. The first kappa shape index (κ1) is 35.9. The van der Waals surface area contributed by atoms with Crippen LogP contribution < -0.4 is 5.32 Å². The molecule has 0 spiro atoms. The molecule has 49 heavy (non-hydrogen) atoms. The van der Waals surface area contributed by atoms with E-state index in [1.165, 1.54) is 23.5 Å². The first-order valence-electron chi connectivity index (χ1n) is 17.3. The molecule has 1 atom stereocenters. The van der Waals surface area contributed by atoms with Gasteiger partial charge >= 0.3 is 5.97 Å². The third kappa shape index (κ3) is 7.16. The maximum atomic E-state index is 15.9. The number of thiophene rings is 1. The normalized spacial score (nSPS) is 22.4. The minimum atomic E-state index is -1.43. The zero-order valence-corrected chi connectivity index (χ0v) is 30.0. The molecule has 0 bridgehead atoms. The van der Waals surface area contributed by atoms with E-state index in [1.807, 2.05) is 29.2 Å². The van der Waals surface area contributed by atoms with Gasteiger partial charge in [-0.3, -0.25) is 24.2 Å². The van der Waals surface area contributed by atoms with Gasteiger partial charge in [0.05, 0.1) is 40.5 Å². The van der Waals surface area contributed by atoms with Crippen molar-refractivity contribution in [2.24, 2.45) is 5.92 Å². The Balaban J connectivity index is 1.26. The Labute approximate surface area is 296 Å². The minimum absolute atomic E-state index is 0.126. The Morgan fingerprint density at radius 1 is 1.06 bits per heavy atom. The summed E-state index contributed by atoms with van der Waals surface area (Å²) in [5.74, 6) is -3.11. The van der Waals surface area contributed by atoms with Crippen molar-refractivity contribution in [1.82, 2.24) is 9.80 Å². The van der Waals surface area contributed by atoms with Gasteiger partial charge in [-0.2, -0.15) is 0 Å². The molecule has 2 aromatic carbocycles. The van der Waals surface area contributed by atoms with Crippen LogP contribution in [0.3, 0.4) is 0 Å². The van der Waals surface area contributed by atoms with Crippen molar-refractivity contribution >= 4 is 56.4 Å². The monoisotopic (exact) mass is 713 g/mol. The Morgan fingerprint density at radius 3 is 2.45 bits per heavy atom. The third-order valence-electron chi connectivity index (χ3n) is 10.4. The molecule has 2 saturated heterocycles. The van der Waals surface area contributed by atoms with Gasteiger partial charge < -0.3 is 19.5 Å². The van der Waals surface area contributed by atoms with Crippen LogP contribution in [0.1, 0.15) is 74.7 Å². The summed E-state index contributed by atoms with van der Waals surface area (Å²) in [6.45, 7) is 6.53. The molecular weight excluding hydrogens is 669 g/mol. The third-order valence-corrected chi connectivity index (χ3v) is 11.7. The second-order valence-corrected chi connectivity index (χ2v) is 14.7. The number of ketones is 1. The molecule has 3 fully saturated rings. The van der Waals surface area contributed by atoms with Crippen LogP contribution in [0.2, 0.25) is 5.02 Å². The zero-order valence-electron chi connectivity index (χ0n) is 28.4. The fraction of sp³-hybridized carbons (Fsp3) is 0.541. The van der Waals surface area contributed by atoms with E-state index < -0.39 is 23.2 Å². The molecule has 1 aromatic heterocycles. The van der Waals surface area contributed by atoms with E-state index in [9.17, 15) is 14.4 Å². The number of carbonyl (C=O) groups excluding carboxylic acids is 3. The predicted molar refractivity (Wildman–Crippen MR) is 189 cm³/mol. The van der Waals surface area contributed by atoms with Gasteiger partial charge in [-0.25, -0.2) is 4.39 Å². The molecule has 1 unspecified atom stereocenters. The quantitative estimate of drug-likeness (QED) is 0.188. The maximum absolute atomic E-state index is 15.9. The summed E-state index contributed by atoms with van der Waals surface area (Å²) in [6, 6.07) is 10.2. The van der Waals surface area contributed by atoms with Crippen molar-refractivity contribution in [2.45, 2.75) is 82.8 Å². The molecule has 264 valence electrons. The molecule has 1 saturated carbocycles. The fourth-order valence-corrected chi connectivity index (χ4v) is 8.68. The number of amides is 1. The van der Waals surface area contributed by atoms with Gasteiger partial charge in [0.15, 0.2) is 5.78 Å². The van der Waals surface area contributed by atoms with E-state index in [0.29, 0.717) is 64.0 Å². The number of halogens is 2. The van der Waals surface area contributed by atoms with Gasteiger partial charge in [0.25, 0.3) is 5.91 Å². The van der Waals surface area contributed by atoms with Crippen molar-refractivity contribution in [2.75, 3.05) is 45.2 Å². The SMILES string of the molecule is CCOC(=O)[C@H]1CC[C@H](OC(C(=O)Cc2cc(Cl)c(NC(=O)c3csc4ccccc34)cc2F)(N2CCCC2)N2CC(CC)(OC)C2)CC1. The lowest BCUT2D eigenvalue weighted by Gasteiger charge is -2.59. The highest BCUT2D eigenvalue weighted by atomic mass is 35.5.